The monoisotopic (exact) mass is 271 g/mol. The van der Waals surface area contributed by atoms with Crippen LogP contribution in [0.2, 0.25) is 0 Å². The molecule has 0 aliphatic carbocycles. The van der Waals surface area contributed by atoms with E-state index in [1.54, 1.807) is 0 Å². The zero-order valence-corrected chi connectivity index (χ0v) is 11.0. The van der Waals surface area contributed by atoms with Crippen LogP contribution >= 0.6 is 0 Å². The number of hydrogen-bond acceptors (Lipinski definition) is 4. The number of nitrogens with zero attached hydrogens (tertiary/aromatic N) is 3. The normalized spacial score (nSPS) is 23.9. The molecule has 1 N–H and O–H groups in total. The Labute approximate surface area is 111 Å². The first kappa shape index (κ1) is 14.1. The molecule has 1 fully saturated rings. The Morgan fingerprint density at radius 3 is 2.89 bits per heavy atom. The fraction of sp³-hybridized carbons (Fsp3) is 0.692. The Morgan fingerprint density at radius 1 is 1.47 bits per heavy atom. The highest BCUT2D eigenvalue weighted by atomic mass is 19.3. The van der Waals surface area contributed by atoms with E-state index in [9.17, 15) is 13.9 Å². The highest BCUT2D eigenvalue weighted by molar-refractivity contribution is 5.40. The topological polar surface area (TPSA) is 49.2 Å². The molecule has 1 aromatic heterocycles. The van der Waals surface area contributed by atoms with Crippen molar-refractivity contribution in [3.05, 3.63) is 18.1 Å². The van der Waals surface area contributed by atoms with Gasteiger partial charge in [-0.05, 0) is 19.3 Å². The van der Waals surface area contributed by atoms with E-state index < -0.39 is 6.43 Å². The average Bonchev–Trinajstić information content (AvgIpc) is 2.47. The number of halogens is 2. The highest BCUT2D eigenvalue weighted by Crippen LogP contribution is 2.34. The molecule has 0 bridgehead atoms. The molecule has 2 rings (SSSR count). The van der Waals surface area contributed by atoms with Crippen molar-refractivity contribution in [3.8, 4) is 0 Å². The smallest absolute Gasteiger partial charge is 0.280 e. The minimum atomic E-state index is -2.58. The van der Waals surface area contributed by atoms with Crippen molar-refractivity contribution in [1.82, 2.24) is 9.97 Å². The summed E-state index contributed by atoms with van der Waals surface area (Å²) in [6, 6.07) is 1.34. The second kappa shape index (κ2) is 5.77. The molecule has 0 saturated carbocycles. The van der Waals surface area contributed by atoms with Gasteiger partial charge in [-0.25, -0.2) is 18.7 Å². The number of rotatable bonds is 4. The molecule has 106 valence electrons. The molecule has 4 nitrogen and oxygen atoms in total. The maximum atomic E-state index is 12.6. The van der Waals surface area contributed by atoms with Gasteiger partial charge in [0.05, 0.1) is 6.61 Å². The van der Waals surface area contributed by atoms with Gasteiger partial charge in [-0.15, -0.1) is 0 Å². The number of alkyl halides is 2. The lowest BCUT2D eigenvalue weighted by molar-refractivity contribution is 0.101. The quantitative estimate of drug-likeness (QED) is 0.913. The molecule has 19 heavy (non-hydrogen) atoms. The average molecular weight is 271 g/mol. The number of anilines is 1. The van der Waals surface area contributed by atoms with Crippen LogP contribution in [-0.4, -0.2) is 34.8 Å². The van der Waals surface area contributed by atoms with Crippen LogP contribution in [0.4, 0.5) is 14.6 Å². The van der Waals surface area contributed by atoms with Crippen LogP contribution in [0.25, 0.3) is 0 Å². The molecule has 2 heterocycles. The lowest BCUT2D eigenvalue weighted by atomic mass is 9.78. The van der Waals surface area contributed by atoms with Crippen LogP contribution in [0.3, 0.4) is 0 Å². The van der Waals surface area contributed by atoms with E-state index in [1.807, 2.05) is 11.8 Å². The molecule has 0 spiro atoms. The number of aliphatic hydroxyl groups excluding tert-OH is 1. The number of aromatic nitrogens is 2. The molecule has 1 aliphatic rings. The Kier molecular flexibility index (Phi) is 4.29. The van der Waals surface area contributed by atoms with Crippen LogP contribution in [0.1, 0.15) is 38.3 Å². The summed E-state index contributed by atoms with van der Waals surface area (Å²) >= 11 is 0. The minimum Gasteiger partial charge on any atom is -0.396 e. The summed E-state index contributed by atoms with van der Waals surface area (Å²) in [5.41, 5.74) is -0.393. The first-order valence-corrected chi connectivity index (χ1v) is 6.56. The first-order chi connectivity index (χ1) is 9.10. The number of piperidine rings is 1. The second-order valence-electron chi connectivity index (χ2n) is 5.14. The molecule has 6 heteroatoms. The Bertz CT molecular complexity index is 424. The molecule has 0 aromatic carbocycles. The van der Waals surface area contributed by atoms with Crippen LogP contribution in [0, 0.1) is 5.41 Å². The molecule has 1 aliphatic heterocycles. The first-order valence-electron chi connectivity index (χ1n) is 6.56. The molecule has 1 unspecified atom stereocenters. The SMILES string of the molecule is CCC1(CO)CCCN(c2cc(C(F)F)ncn2)C1. The van der Waals surface area contributed by atoms with E-state index in [1.165, 1.54) is 12.4 Å². The summed E-state index contributed by atoms with van der Waals surface area (Å²) in [5.74, 6) is 0.524. The molecular formula is C13H19F2N3O. The number of aliphatic hydroxyl groups is 1. The van der Waals surface area contributed by atoms with Gasteiger partial charge < -0.3 is 10.0 Å². The van der Waals surface area contributed by atoms with Gasteiger partial charge in [0.2, 0.25) is 0 Å². The van der Waals surface area contributed by atoms with Gasteiger partial charge in [-0.2, -0.15) is 0 Å². The fourth-order valence-corrected chi connectivity index (χ4v) is 2.59. The van der Waals surface area contributed by atoms with E-state index in [2.05, 4.69) is 9.97 Å². The zero-order valence-electron chi connectivity index (χ0n) is 11.0. The van der Waals surface area contributed by atoms with Crippen molar-refractivity contribution in [2.45, 2.75) is 32.6 Å². The molecular weight excluding hydrogens is 252 g/mol. The summed E-state index contributed by atoms with van der Waals surface area (Å²) in [6.07, 6.45) is 1.36. The van der Waals surface area contributed by atoms with Crippen molar-refractivity contribution in [2.75, 3.05) is 24.6 Å². The maximum Gasteiger partial charge on any atom is 0.280 e. The summed E-state index contributed by atoms with van der Waals surface area (Å²) in [7, 11) is 0. The van der Waals surface area contributed by atoms with Gasteiger partial charge in [0.1, 0.15) is 17.8 Å². The van der Waals surface area contributed by atoms with Gasteiger partial charge in [-0.3, -0.25) is 0 Å². The fourth-order valence-electron chi connectivity index (χ4n) is 2.59. The number of hydrogen-bond donors (Lipinski definition) is 1. The standard InChI is InChI=1S/C13H19F2N3O/c1-2-13(8-19)4-3-5-18(7-13)11-6-10(12(14)15)16-9-17-11/h6,9,12,19H,2-5,7-8H2,1H3. The van der Waals surface area contributed by atoms with E-state index >= 15 is 0 Å². The van der Waals surface area contributed by atoms with Crippen LogP contribution in [0.5, 0.6) is 0 Å². The Hall–Kier alpha value is -1.30. The summed E-state index contributed by atoms with van der Waals surface area (Å²) < 4.78 is 25.3. The summed E-state index contributed by atoms with van der Waals surface area (Å²) in [6.45, 7) is 3.60. The van der Waals surface area contributed by atoms with Crippen LogP contribution < -0.4 is 4.90 Å². The van der Waals surface area contributed by atoms with Crippen LogP contribution in [-0.2, 0) is 0 Å². The molecule has 1 aromatic rings. The Balaban J connectivity index is 2.19. The lowest BCUT2D eigenvalue weighted by Crippen LogP contribution is -2.45. The molecule has 1 saturated heterocycles. The minimum absolute atomic E-state index is 0.118. The van der Waals surface area contributed by atoms with Crippen molar-refractivity contribution in [3.63, 3.8) is 0 Å². The lowest BCUT2D eigenvalue weighted by Gasteiger charge is -2.41. The second-order valence-corrected chi connectivity index (χ2v) is 5.14. The van der Waals surface area contributed by atoms with E-state index in [0.29, 0.717) is 12.4 Å². The maximum absolute atomic E-state index is 12.6. The zero-order chi connectivity index (χ0) is 13.9. The van der Waals surface area contributed by atoms with Crippen LogP contribution in [0.15, 0.2) is 12.4 Å². The highest BCUT2D eigenvalue weighted by Gasteiger charge is 2.34. The molecule has 0 radical (unpaired) electrons. The predicted octanol–water partition coefficient (Wildman–Crippen LogP) is 2.40. The van der Waals surface area contributed by atoms with E-state index in [4.69, 9.17) is 0 Å². The van der Waals surface area contributed by atoms with Crippen molar-refractivity contribution >= 4 is 5.82 Å². The third-order valence-electron chi connectivity index (χ3n) is 3.97. The van der Waals surface area contributed by atoms with E-state index in [-0.39, 0.29) is 17.7 Å². The predicted molar refractivity (Wildman–Crippen MR) is 68.2 cm³/mol. The third-order valence-corrected chi connectivity index (χ3v) is 3.97. The van der Waals surface area contributed by atoms with Crippen molar-refractivity contribution < 1.29 is 13.9 Å². The van der Waals surface area contributed by atoms with Crippen molar-refractivity contribution in [1.29, 1.82) is 0 Å². The van der Waals surface area contributed by atoms with Gasteiger partial charge in [-0.1, -0.05) is 6.92 Å². The van der Waals surface area contributed by atoms with Gasteiger partial charge in [0.15, 0.2) is 0 Å². The van der Waals surface area contributed by atoms with Crippen molar-refractivity contribution in [2.24, 2.45) is 5.41 Å². The Morgan fingerprint density at radius 2 is 2.26 bits per heavy atom. The van der Waals surface area contributed by atoms with Gasteiger partial charge in [0.25, 0.3) is 6.43 Å². The molecule has 1 atom stereocenters. The summed E-state index contributed by atoms with van der Waals surface area (Å²) in [5, 5.41) is 9.57. The molecule has 0 amide bonds. The summed E-state index contributed by atoms with van der Waals surface area (Å²) in [4.78, 5) is 9.62. The largest absolute Gasteiger partial charge is 0.396 e. The van der Waals surface area contributed by atoms with E-state index in [0.717, 1.165) is 25.8 Å². The van der Waals surface area contributed by atoms with Gasteiger partial charge in [0, 0.05) is 24.6 Å². The third kappa shape index (κ3) is 3.00. The van der Waals surface area contributed by atoms with Gasteiger partial charge >= 0.3 is 0 Å².